The number of benzene rings is 2. The molecule has 4 rings (SSSR count). The van der Waals surface area contributed by atoms with Crippen LogP contribution < -0.4 is 4.74 Å². The average Bonchev–Trinajstić information content (AvgIpc) is 3.24. The Balaban J connectivity index is 1.69. The first-order valence-electron chi connectivity index (χ1n) is 10.8. The van der Waals surface area contributed by atoms with E-state index in [1.807, 2.05) is 38.1 Å². The Morgan fingerprint density at radius 1 is 1.03 bits per heavy atom. The van der Waals surface area contributed by atoms with Crippen LogP contribution >= 0.6 is 0 Å². The number of amides is 2. The first-order valence-corrected chi connectivity index (χ1v) is 10.8. The number of carbonyl (C=O) groups excluding carboxylic acids is 2. The van der Waals surface area contributed by atoms with Gasteiger partial charge in [0, 0.05) is 61.3 Å². The number of methoxy groups -OCH3 is 1. The third-order valence-corrected chi connectivity index (χ3v) is 6.13. The summed E-state index contributed by atoms with van der Waals surface area (Å²) in [6.07, 6.45) is 3.43. The number of piperazine rings is 1. The lowest BCUT2D eigenvalue weighted by atomic mass is 9.96. The number of rotatable bonds is 4. The second-order valence-corrected chi connectivity index (χ2v) is 8.13. The highest BCUT2D eigenvalue weighted by Crippen LogP contribution is 2.40. The van der Waals surface area contributed by atoms with Gasteiger partial charge in [-0.05, 0) is 31.1 Å². The van der Waals surface area contributed by atoms with E-state index in [4.69, 9.17) is 9.15 Å². The van der Waals surface area contributed by atoms with E-state index >= 15 is 0 Å². The number of ether oxygens (including phenoxy) is 1. The number of carbonyl (C=O) groups is 2. The van der Waals surface area contributed by atoms with Crippen LogP contribution in [0.2, 0.25) is 0 Å². The van der Waals surface area contributed by atoms with Crippen molar-refractivity contribution in [1.82, 2.24) is 9.80 Å². The molecule has 1 aliphatic heterocycles. The van der Waals surface area contributed by atoms with Crippen LogP contribution in [-0.2, 0) is 9.59 Å². The normalized spacial score (nSPS) is 14.7. The number of nitrogens with zero attached hydrogens (tertiary/aromatic N) is 2. The van der Waals surface area contributed by atoms with Crippen LogP contribution in [0.4, 0.5) is 0 Å². The molecule has 2 amide bonds. The van der Waals surface area contributed by atoms with Gasteiger partial charge < -0.3 is 19.0 Å². The minimum Gasteiger partial charge on any atom is -0.496 e. The lowest BCUT2D eigenvalue weighted by Crippen LogP contribution is -2.49. The van der Waals surface area contributed by atoms with Crippen molar-refractivity contribution < 1.29 is 18.7 Å². The molecular formula is C26H28N2O4. The van der Waals surface area contributed by atoms with Crippen molar-refractivity contribution in [2.24, 2.45) is 0 Å². The molecular weight excluding hydrogens is 404 g/mol. The van der Waals surface area contributed by atoms with Crippen molar-refractivity contribution >= 4 is 28.4 Å². The van der Waals surface area contributed by atoms with E-state index in [0.717, 1.165) is 38.8 Å². The minimum absolute atomic E-state index is 0.0478. The highest BCUT2D eigenvalue weighted by molar-refractivity contribution is 6.01. The van der Waals surface area contributed by atoms with Crippen molar-refractivity contribution in [3.63, 3.8) is 0 Å². The number of hydrogen-bond acceptors (Lipinski definition) is 4. The predicted molar refractivity (Wildman–Crippen MR) is 125 cm³/mol. The van der Waals surface area contributed by atoms with Crippen LogP contribution in [0.1, 0.15) is 25.0 Å². The Hall–Kier alpha value is -3.54. The van der Waals surface area contributed by atoms with Gasteiger partial charge in [-0.25, -0.2) is 0 Å². The van der Waals surface area contributed by atoms with E-state index in [0.29, 0.717) is 31.9 Å². The van der Waals surface area contributed by atoms with E-state index in [1.54, 1.807) is 36.2 Å². The summed E-state index contributed by atoms with van der Waals surface area (Å²) in [7, 11) is 1.63. The van der Waals surface area contributed by atoms with Crippen molar-refractivity contribution in [3.05, 3.63) is 59.9 Å². The average molecular weight is 433 g/mol. The van der Waals surface area contributed by atoms with E-state index in [1.165, 1.54) is 0 Å². The van der Waals surface area contributed by atoms with Gasteiger partial charge in [0.25, 0.3) is 0 Å². The summed E-state index contributed by atoms with van der Waals surface area (Å²) >= 11 is 0. The van der Waals surface area contributed by atoms with Gasteiger partial charge in [0.05, 0.1) is 13.4 Å². The van der Waals surface area contributed by atoms with E-state index in [-0.39, 0.29) is 11.8 Å². The molecule has 1 fully saturated rings. The van der Waals surface area contributed by atoms with Gasteiger partial charge in [-0.15, -0.1) is 0 Å². The second-order valence-electron chi connectivity index (χ2n) is 8.13. The maximum atomic E-state index is 12.9. The zero-order valence-electron chi connectivity index (χ0n) is 19.0. The van der Waals surface area contributed by atoms with Gasteiger partial charge in [0.2, 0.25) is 11.8 Å². The van der Waals surface area contributed by atoms with Crippen LogP contribution in [0.25, 0.3) is 27.7 Å². The van der Waals surface area contributed by atoms with Gasteiger partial charge in [-0.2, -0.15) is 0 Å². The molecule has 1 saturated heterocycles. The van der Waals surface area contributed by atoms with Crippen LogP contribution in [0.15, 0.2) is 53.2 Å². The molecule has 166 valence electrons. The molecule has 6 heteroatoms. The standard InChI is InChI=1S/C26H28N2O4/c1-17(14-24(30)28-12-10-27(11-13-28)19(3)29)21-15-22-23(20-8-6-5-7-9-20)16-32-26(22)18(2)25(21)31-4/h5-9,14-16H,10-13H2,1-4H3/b17-14+. The molecule has 0 saturated carbocycles. The summed E-state index contributed by atoms with van der Waals surface area (Å²) < 4.78 is 11.6. The molecule has 0 N–H and O–H groups in total. The van der Waals surface area contributed by atoms with Gasteiger partial charge in [-0.1, -0.05) is 30.3 Å². The quantitative estimate of drug-likeness (QED) is 0.569. The van der Waals surface area contributed by atoms with Gasteiger partial charge in [0.15, 0.2) is 0 Å². The van der Waals surface area contributed by atoms with Crippen molar-refractivity contribution in [2.45, 2.75) is 20.8 Å². The lowest BCUT2D eigenvalue weighted by molar-refractivity contribution is -0.135. The lowest BCUT2D eigenvalue weighted by Gasteiger charge is -2.33. The Bertz CT molecular complexity index is 1190. The zero-order chi connectivity index (χ0) is 22.8. The summed E-state index contributed by atoms with van der Waals surface area (Å²) in [6.45, 7) is 7.67. The molecule has 0 atom stereocenters. The van der Waals surface area contributed by atoms with E-state index in [9.17, 15) is 9.59 Å². The predicted octanol–water partition coefficient (Wildman–Crippen LogP) is 4.51. The third-order valence-electron chi connectivity index (χ3n) is 6.13. The highest BCUT2D eigenvalue weighted by Gasteiger charge is 2.23. The van der Waals surface area contributed by atoms with Crippen LogP contribution in [0.3, 0.4) is 0 Å². The van der Waals surface area contributed by atoms with Gasteiger partial charge in [0.1, 0.15) is 11.3 Å². The Kier molecular flexibility index (Phi) is 6.04. The summed E-state index contributed by atoms with van der Waals surface area (Å²) in [5, 5.41) is 0.986. The topological polar surface area (TPSA) is 63.0 Å². The number of hydrogen-bond donors (Lipinski definition) is 0. The first kappa shape index (κ1) is 21.7. The molecule has 0 radical (unpaired) electrons. The molecule has 0 unspecified atom stereocenters. The van der Waals surface area contributed by atoms with E-state index < -0.39 is 0 Å². The minimum atomic E-state index is -0.0546. The monoisotopic (exact) mass is 432 g/mol. The Morgan fingerprint density at radius 3 is 2.31 bits per heavy atom. The summed E-state index contributed by atoms with van der Waals surface area (Å²) in [6, 6.07) is 12.1. The van der Waals surface area contributed by atoms with Crippen molar-refractivity contribution in [1.29, 1.82) is 0 Å². The molecule has 3 aromatic rings. The van der Waals surface area contributed by atoms with Crippen molar-refractivity contribution in [2.75, 3.05) is 33.3 Å². The van der Waals surface area contributed by atoms with Crippen LogP contribution in [-0.4, -0.2) is 54.9 Å². The molecule has 1 aliphatic rings. The summed E-state index contributed by atoms with van der Waals surface area (Å²) in [5.74, 6) is 0.696. The number of furan rings is 1. The SMILES string of the molecule is COc1c(/C(C)=C/C(=O)N2CCN(C(C)=O)CC2)cc2c(-c3ccccc3)coc2c1C. The largest absolute Gasteiger partial charge is 0.496 e. The maximum absolute atomic E-state index is 12.9. The van der Waals surface area contributed by atoms with Crippen LogP contribution in [0.5, 0.6) is 5.75 Å². The third kappa shape index (κ3) is 4.00. The Morgan fingerprint density at radius 2 is 1.69 bits per heavy atom. The van der Waals surface area contributed by atoms with E-state index in [2.05, 4.69) is 12.1 Å². The fraction of sp³-hybridized carbons (Fsp3) is 0.308. The molecule has 2 aromatic carbocycles. The zero-order valence-corrected chi connectivity index (χ0v) is 19.0. The molecule has 32 heavy (non-hydrogen) atoms. The number of aryl methyl sites for hydroxylation is 1. The van der Waals surface area contributed by atoms with Crippen molar-refractivity contribution in [3.8, 4) is 16.9 Å². The highest BCUT2D eigenvalue weighted by atomic mass is 16.5. The molecule has 1 aromatic heterocycles. The fourth-order valence-corrected chi connectivity index (χ4v) is 4.31. The molecule has 6 nitrogen and oxygen atoms in total. The van der Waals surface area contributed by atoms with Crippen LogP contribution in [0, 0.1) is 6.92 Å². The Labute approximate surface area is 188 Å². The summed E-state index contributed by atoms with van der Waals surface area (Å²) in [4.78, 5) is 28.0. The maximum Gasteiger partial charge on any atom is 0.246 e. The molecule has 0 aliphatic carbocycles. The fourth-order valence-electron chi connectivity index (χ4n) is 4.31. The van der Waals surface area contributed by atoms with Gasteiger partial charge in [-0.3, -0.25) is 9.59 Å². The molecule has 0 spiro atoms. The first-order chi connectivity index (χ1) is 15.4. The number of fused-ring (bicyclic) bond motifs is 1. The molecule has 2 heterocycles. The second kappa shape index (κ2) is 8.91. The number of allylic oxidation sites excluding steroid dienone is 1. The summed E-state index contributed by atoms with van der Waals surface area (Å²) in [5.41, 5.74) is 5.45. The smallest absolute Gasteiger partial charge is 0.246 e. The van der Waals surface area contributed by atoms with Gasteiger partial charge >= 0.3 is 0 Å². The molecule has 0 bridgehead atoms.